The molecule has 0 aliphatic carbocycles. The van der Waals surface area contributed by atoms with Crippen LogP contribution in [0, 0.1) is 0 Å². The zero-order valence-electron chi connectivity index (χ0n) is 9.05. The van der Waals surface area contributed by atoms with Gasteiger partial charge >= 0.3 is 0 Å². The summed E-state index contributed by atoms with van der Waals surface area (Å²) in [6, 6.07) is 16.8. The lowest BCUT2D eigenvalue weighted by Gasteiger charge is -2.02. The third-order valence-corrected chi connectivity index (χ3v) is 3.18. The predicted molar refractivity (Wildman–Crippen MR) is 69.0 cm³/mol. The smallest absolute Gasteiger partial charge is 0.182 e. The Hall–Kier alpha value is -2.35. The van der Waals surface area contributed by atoms with Crippen LogP contribution in [-0.4, -0.2) is 4.98 Å². The molecule has 0 radical (unpaired) electrons. The summed E-state index contributed by atoms with van der Waals surface area (Å²) in [6.07, 6.45) is 1.50. The SMILES string of the molecule is c1ccc2cc3c(ccc4ncoc43)cc2c1. The number of nitrogens with zero attached hydrogens (tertiary/aromatic N) is 1. The molecule has 17 heavy (non-hydrogen) atoms. The fourth-order valence-corrected chi connectivity index (χ4v) is 2.34. The van der Waals surface area contributed by atoms with Crippen molar-refractivity contribution < 1.29 is 4.42 Å². The van der Waals surface area contributed by atoms with Crippen molar-refractivity contribution in [1.29, 1.82) is 0 Å². The molecule has 1 heterocycles. The molecule has 4 rings (SSSR count). The van der Waals surface area contributed by atoms with Gasteiger partial charge in [-0.2, -0.15) is 0 Å². The highest BCUT2D eigenvalue weighted by molar-refractivity contribution is 6.08. The second-order valence-corrected chi connectivity index (χ2v) is 4.19. The van der Waals surface area contributed by atoms with E-state index in [1.54, 1.807) is 0 Å². The average molecular weight is 219 g/mol. The summed E-state index contributed by atoms with van der Waals surface area (Å²) < 4.78 is 5.47. The maximum atomic E-state index is 5.47. The Bertz CT molecular complexity index is 845. The van der Waals surface area contributed by atoms with Crippen molar-refractivity contribution in [3.63, 3.8) is 0 Å². The van der Waals surface area contributed by atoms with Gasteiger partial charge in [-0.3, -0.25) is 0 Å². The number of fused-ring (bicyclic) bond motifs is 4. The van der Waals surface area contributed by atoms with Gasteiger partial charge in [0.2, 0.25) is 0 Å². The Kier molecular flexibility index (Phi) is 1.59. The largest absolute Gasteiger partial charge is 0.443 e. The second kappa shape index (κ2) is 3.08. The van der Waals surface area contributed by atoms with Gasteiger partial charge in [0.15, 0.2) is 12.0 Å². The first-order valence-electron chi connectivity index (χ1n) is 5.56. The van der Waals surface area contributed by atoms with E-state index in [1.807, 2.05) is 6.07 Å². The Morgan fingerprint density at radius 2 is 1.65 bits per heavy atom. The van der Waals surface area contributed by atoms with Gasteiger partial charge in [-0.1, -0.05) is 30.3 Å². The molecule has 4 aromatic rings. The lowest BCUT2D eigenvalue weighted by Crippen LogP contribution is -1.77. The maximum Gasteiger partial charge on any atom is 0.182 e. The minimum Gasteiger partial charge on any atom is -0.443 e. The summed E-state index contributed by atoms with van der Waals surface area (Å²) in [5.74, 6) is 0. The van der Waals surface area contributed by atoms with Crippen LogP contribution in [0.4, 0.5) is 0 Å². The van der Waals surface area contributed by atoms with Crippen molar-refractivity contribution in [3.05, 3.63) is 54.9 Å². The van der Waals surface area contributed by atoms with Gasteiger partial charge in [0, 0.05) is 5.39 Å². The minimum absolute atomic E-state index is 0.869. The summed E-state index contributed by atoms with van der Waals surface area (Å²) in [5.41, 5.74) is 1.78. The molecule has 3 aromatic carbocycles. The van der Waals surface area contributed by atoms with Crippen molar-refractivity contribution in [2.24, 2.45) is 0 Å². The molecule has 0 aliphatic rings. The number of oxazole rings is 1. The first kappa shape index (κ1) is 8.76. The summed E-state index contributed by atoms with van der Waals surface area (Å²) in [5, 5.41) is 4.79. The Labute approximate surface area is 97.5 Å². The van der Waals surface area contributed by atoms with E-state index in [1.165, 1.54) is 22.6 Å². The molecule has 2 nitrogen and oxygen atoms in total. The lowest BCUT2D eigenvalue weighted by atomic mass is 10.0. The van der Waals surface area contributed by atoms with E-state index in [9.17, 15) is 0 Å². The molecule has 0 bridgehead atoms. The van der Waals surface area contributed by atoms with Gasteiger partial charge in [-0.15, -0.1) is 0 Å². The summed E-state index contributed by atoms with van der Waals surface area (Å²) in [7, 11) is 0. The quantitative estimate of drug-likeness (QED) is 0.415. The molecule has 80 valence electrons. The predicted octanol–water partition coefficient (Wildman–Crippen LogP) is 4.13. The minimum atomic E-state index is 0.869. The highest BCUT2D eigenvalue weighted by Gasteiger charge is 2.05. The molecule has 0 amide bonds. The number of aromatic nitrogens is 1. The fraction of sp³-hybridized carbons (Fsp3) is 0. The van der Waals surface area contributed by atoms with Gasteiger partial charge in [0.05, 0.1) is 0 Å². The van der Waals surface area contributed by atoms with Crippen molar-refractivity contribution in [2.45, 2.75) is 0 Å². The van der Waals surface area contributed by atoms with Crippen LogP contribution in [0.3, 0.4) is 0 Å². The highest BCUT2D eigenvalue weighted by Crippen LogP contribution is 2.28. The Balaban J connectivity index is 2.29. The van der Waals surface area contributed by atoms with Crippen LogP contribution >= 0.6 is 0 Å². The monoisotopic (exact) mass is 219 g/mol. The van der Waals surface area contributed by atoms with E-state index in [2.05, 4.69) is 47.4 Å². The van der Waals surface area contributed by atoms with Crippen LogP contribution in [0.15, 0.2) is 59.3 Å². The summed E-state index contributed by atoms with van der Waals surface area (Å²) >= 11 is 0. The van der Waals surface area contributed by atoms with Crippen LogP contribution in [0.2, 0.25) is 0 Å². The van der Waals surface area contributed by atoms with Gasteiger partial charge in [-0.25, -0.2) is 4.98 Å². The maximum absolute atomic E-state index is 5.47. The number of hydrogen-bond acceptors (Lipinski definition) is 2. The third kappa shape index (κ3) is 1.18. The summed E-state index contributed by atoms with van der Waals surface area (Å²) in [4.78, 5) is 4.18. The summed E-state index contributed by atoms with van der Waals surface area (Å²) in [6.45, 7) is 0. The lowest BCUT2D eigenvalue weighted by molar-refractivity contribution is 0.605. The highest BCUT2D eigenvalue weighted by atomic mass is 16.3. The molecular weight excluding hydrogens is 210 g/mol. The van der Waals surface area contributed by atoms with Crippen LogP contribution in [0.5, 0.6) is 0 Å². The average Bonchev–Trinajstić information content (AvgIpc) is 2.85. The Morgan fingerprint density at radius 1 is 0.824 bits per heavy atom. The third-order valence-electron chi connectivity index (χ3n) is 3.18. The van der Waals surface area contributed by atoms with Crippen molar-refractivity contribution >= 4 is 32.6 Å². The molecule has 0 unspecified atom stereocenters. The molecule has 0 fully saturated rings. The normalized spacial score (nSPS) is 11.5. The van der Waals surface area contributed by atoms with Crippen LogP contribution in [0.25, 0.3) is 32.6 Å². The molecule has 0 saturated heterocycles. The molecule has 0 aliphatic heterocycles. The number of benzene rings is 3. The molecule has 2 heteroatoms. The van der Waals surface area contributed by atoms with Crippen molar-refractivity contribution in [2.75, 3.05) is 0 Å². The molecule has 1 aromatic heterocycles. The van der Waals surface area contributed by atoms with E-state index in [0.29, 0.717) is 0 Å². The van der Waals surface area contributed by atoms with Gasteiger partial charge < -0.3 is 4.42 Å². The fourth-order valence-electron chi connectivity index (χ4n) is 2.34. The molecule has 0 spiro atoms. The zero-order chi connectivity index (χ0) is 11.2. The van der Waals surface area contributed by atoms with E-state index in [4.69, 9.17) is 4.42 Å². The van der Waals surface area contributed by atoms with Crippen LogP contribution < -0.4 is 0 Å². The standard InChI is InChI=1S/C15H9NO/c1-2-4-11-8-13-12(7-10(11)3-1)5-6-14-15(13)17-9-16-14/h1-9H. The first-order chi connectivity index (χ1) is 8.42. The first-order valence-corrected chi connectivity index (χ1v) is 5.56. The second-order valence-electron chi connectivity index (χ2n) is 4.19. The van der Waals surface area contributed by atoms with E-state index in [-0.39, 0.29) is 0 Å². The zero-order valence-corrected chi connectivity index (χ0v) is 9.05. The number of hydrogen-bond donors (Lipinski definition) is 0. The van der Waals surface area contributed by atoms with E-state index < -0.39 is 0 Å². The van der Waals surface area contributed by atoms with E-state index in [0.717, 1.165) is 16.5 Å². The number of rotatable bonds is 0. The van der Waals surface area contributed by atoms with Crippen molar-refractivity contribution in [1.82, 2.24) is 4.98 Å². The molecule has 0 atom stereocenters. The molecule has 0 N–H and O–H groups in total. The topological polar surface area (TPSA) is 26.0 Å². The van der Waals surface area contributed by atoms with Crippen molar-refractivity contribution in [3.8, 4) is 0 Å². The Morgan fingerprint density at radius 3 is 2.53 bits per heavy atom. The van der Waals surface area contributed by atoms with Gasteiger partial charge in [0.25, 0.3) is 0 Å². The van der Waals surface area contributed by atoms with Gasteiger partial charge in [0.1, 0.15) is 5.52 Å². The van der Waals surface area contributed by atoms with Gasteiger partial charge in [-0.05, 0) is 34.4 Å². The molecular formula is C15H9NO. The van der Waals surface area contributed by atoms with E-state index >= 15 is 0 Å². The van der Waals surface area contributed by atoms with Crippen LogP contribution in [0.1, 0.15) is 0 Å². The molecule has 0 saturated carbocycles. The van der Waals surface area contributed by atoms with Crippen LogP contribution in [-0.2, 0) is 0 Å².